The fraction of sp³-hybridized carbons (Fsp3) is 0.692. The van der Waals surface area contributed by atoms with Crippen molar-refractivity contribution < 1.29 is 4.79 Å². The van der Waals surface area contributed by atoms with Gasteiger partial charge in [0.2, 0.25) is 5.91 Å². The molecule has 1 aromatic rings. The zero-order valence-electron chi connectivity index (χ0n) is 11.0. The molecule has 2 rings (SSSR count). The van der Waals surface area contributed by atoms with E-state index < -0.39 is 0 Å². The molecule has 0 unspecified atom stereocenters. The van der Waals surface area contributed by atoms with E-state index in [1.807, 2.05) is 0 Å². The molecule has 0 saturated carbocycles. The molecule has 0 bridgehead atoms. The van der Waals surface area contributed by atoms with Gasteiger partial charge in [-0.05, 0) is 32.5 Å². The minimum Gasteiger partial charge on any atom is -0.355 e. The van der Waals surface area contributed by atoms with E-state index in [9.17, 15) is 4.79 Å². The number of amides is 1. The molecule has 0 atom stereocenters. The number of carbonyl (C=O) groups is 1. The van der Waals surface area contributed by atoms with Crippen LogP contribution in [0, 0.1) is 5.92 Å². The van der Waals surface area contributed by atoms with E-state index in [1.54, 1.807) is 12.5 Å². The van der Waals surface area contributed by atoms with Crippen molar-refractivity contribution in [2.24, 2.45) is 5.92 Å². The van der Waals surface area contributed by atoms with Crippen molar-refractivity contribution in [1.82, 2.24) is 20.2 Å². The zero-order chi connectivity index (χ0) is 12.8. The number of hydrogen-bond donors (Lipinski definition) is 2. The number of likely N-dealkylation sites (tertiary alicyclic amines) is 1. The number of aromatic amines is 1. The molecule has 5 heteroatoms. The first-order valence-electron chi connectivity index (χ1n) is 6.77. The van der Waals surface area contributed by atoms with E-state index in [2.05, 4.69) is 27.1 Å². The molecule has 0 radical (unpaired) electrons. The third-order valence-corrected chi connectivity index (χ3v) is 3.65. The SMILES string of the molecule is CCN1CCC(C(=O)NCCc2cnc[nH]2)CC1. The maximum Gasteiger partial charge on any atom is 0.223 e. The fourth-order valence-corrected chi connectivity index (χ4v) is 2.40. The highest BCUT2D eigenvalue weighted by atomic mass is 16.1. The Morgan fingerprint density at radius 2 is 2.33 bits per heavy atom. The van der Waals surface area contributed by atoms with E-state index in [1.165, 1.54) is 0 Å². The van der Waals surface area contributed by atoms with Crippen LogP contribution in [-0.4, -0.2) is 47.0 Å². The monoisotopic (exact) mass is 250 g/mol. The molecule has 2 heterocycles. The molecule has 1 amide bonds. The summed E-state index contributed by atoms with van der Waals surface area (Å²) < 4.78 is 0. The second-order valence-corrected chi connectivity index (χ2v) is 4.83. The van der Waals surface area contributed by atoms with Crippen LogP contribution in [-0.2, 0) is 11.2 Å². The van der Waals surface area contributed by atoms with Gasteiger partial charge in [0, 0.05) is 30.8 Å². The lowest BCUT2D eigenvalue weighted by molar-refractivity contribution is -0.126. The number of hydrogen-bond acceptors (Lipinski definition) is 3. The molecule has 1 aromatic heterocycles. The number of aromatic nitrogens is 2. The van der Waals surface area contributed by atoms with Crippen molar-refractivity contribution in [2.45, 2.75) is 26.2 Å². The molecule has 0 spiro atoms. The summed E-state index contributed by atoms with van der Waals surface area (Å²) in [6.07, 6.45) is 6.26. The van der Waals surface area contributed by atoms with E-state index >= 15 is 0 Å². The van der Waals surface area contributed by atoms with Gasteiger partial charge in [0.15, 0.2) is 0 Å². The minimum atomic E-state index is 0.203. The standard InChI is InChI=1S/C13H22N4O/c1-2-17-7-4-11(5-8-17)13(18)15-6-3-12-9-14-10-16-12/h9-11H,2-8H2,1H3,(H,14,16)(H,15,18). The van der Waals surface area contributed by atoms with Crippen LogP contribution in [0.15, 0.2) is 12.5 Å². The molecule has 18 heavy (non-hydrogen) atoms. The highest BCUT2D eigenvalue weighted by Gasteiger charge is 2.23. The van der Waals surface area contributed by atoms with Crippen LogP contribution in [0.4, 0.5) is 0 Å². The lowest BCUT2D eigenvalue weighted by Gasteiger charge is -2.30. The van der Waals surface area contributed by atoms with Gasteiger partial charge in [0.25, 0.3) is 0 Å². The maximum atomic E-state index is 12.0. The first kappa shape index (κ1) is 13.1. The van der Waals surface area contributed by atoms with Gasteiger partial charge in [-0.25, -0.2) is 4.98 Å². The van der Waals surface area contributed by atoms with Crippen molar-refractivity contribution in [3.8, 4) is 0 Å². The van der Waals surface area contributed by atoms with Crippen LogP contribution in [0.2, 0.25) is 0 Å². The lowest BCUT2D eigenvalue weighted by atomic mass is 9.96. The summed E-state index contributed by atoms with van der Waals surface area (Å²) in [6, 6.07) is 0. The summed E-state index contributed by atoms with van der Waals surface area (Å²) >= 11 is 0. The van der Waals surface area contributed by atoms with E-state index in [4.69, 9.17) is 0 Å². The van der Waals surface area contributed by atoms with E-state index in [0.717, 1.165) is 44.6 Å². The number of carbonyl (C=O) groups excluding carboxylic acids is 1. The Morgan fingerprint density at radius 3 is 2.94 bits per heavy atom. The Balaban J connectivity index is 1.66. The smallest absolute Gasteiger partial charge is 0.223 e. The Morgan fingerprint density at radius 1 is 1.56 bits per heavy atom. The van der Waals surface area contributed by atoms with Crippen LogP contribution < -0.4 is 5.32 Å². The fourth-order valence-electron chi connectivity index (χ4n) is 2.40. The maximum absolute atomic E-state index is 12.0. The van der Waals surface area contributed by atoms with Crippen molar-refractivity contribution in [3.63, 3.8) is 0 Å². The van der Waals surface area contributed by atoms with Gasteiger partial charge < -0.3 is 15.2 Å². The molecule has 5 nitrogen and oxygen atoms in total. The van der Waals surface area contributed by atoms with Gasteiger partial charge in [-0.15, -0.1) is 0 Å². The van der Waals surface area contributed by atoms with Crippen LogP contribution >= 0.6 is 0 Å². The molecule has 0 aromatic carbocycles. The second-order valence-electron chi connectivity index (χ2n) is 4.83. The first-order valence-corrected chi connectivity index (χ1v) is 6.77. The van der Waals surface area contributed by atoms with Gasteiger partial charge in [-0.2, -0.15) is 0 Å². The molecule has 100 valence electrons. The topological polar surface area (TPSA) is 61.0 Å². The predicted octanol–water partition coefficient (Wildman–Crippen LogP) is 0.800. The van der Waals surface area contributed by atoms with Crippen LogP contribution in [0.3, 0.4) is 0 Å². The summed E-state index contributed by atoms with van der Waals surface area (Å²) in [6.45, 7) is 6.05. The van der Waals surface area contributed by atoms with Crippen LogP contribution in [0.25, 0.3) is 0 Å². The van der Waals surface area contributed by atoms with Crippen molar-refractivity contribution in [1.29, 1.82) is 0 Å². The number of imidazole rings is 1. The van der Waals surface area contributed by atoms with Crippen molar-refractivity contribution in [3.05, 3.63) is 18.2 Å². The lowest BCUT2D eigenvalue weighted by Crippen LogP contribution is -2.40. The molecule has 1 saturated heterocycles. The predicted molar refractivity (Wildman–Crippen MR) is 70.1 cm³/mol. The molecular formula is C13H22N4O. The summed E-state index contributed by atoms with van der Waals surface area (Å²) in [5, 5.41) is 3.02. The van der Waals surface area contributed by atoms with Crippen LogP contribution in [0.5, 0.6) is 0 Å². The molecule has 1 aliphatic rings. The van der Waals surface area contributed by atoms with Gasteiger partial charge in [-0.3, -0.25) is 4.79 Å². The third kappa shape index (κ3) is 3.57. The number of nitrogens with zero attached hydrogens (tertiary/aromatic N) is 2. The summed E-state index contributed by atoms with van der Waals surface area (Å²) in [5.74, 6) is 0.417. The molecule has 1 fully saturated rings. The molecule has 1 aliphatic heterocycles. The van der Waals surface area contributed by atoms with Gasteiger partial charge >= 0.3 is 0 Å². The summed E-state index contributed by atoms with van der Waals surface area (Å²) in [7, 11) is 0. The van der Waals surface area contributed by atoms with E-state index in [0.29, 0.717) is 6.54 Å². The van der Waals surface area contributed by atoms with Crippen molar-refractivity contribution in [2.75, 3.05) is 26.2 Å². The quantitative estimate of drug-likeness (QED) is 0.812. The van der Waals surface area contributed by atoms with Crippen LogP contribution in [0.1, 0.15) is 25.5 Å². The third-order valence-electron chi connectivity index (χ3n) is 3.65. The number of piperidine rings is 1. The minimum absolute atomic E-state index is 0.203. The summed E-state index contributed by atoms with van der Waals surface area (Å²) in [5.41, 5.74) is 1.07. The Kier molecular flexibility index (Phi) is 4.75. The van der Waals surface area contributed by atoms with Gasteiger partial charge in [-0.1, -0.05) is 6.92 Å². The molecular weight excluding hydrogens is 228 g/mol. The van der Waals surface area contributed by atoms with Gasteiger partial charge in [0.1, 0.15) is 0 Å². The average molecular weight is 250 g/mol. The Bertz CT molecular complexity index is 355. The Hall–Kier alpha value is -1.36. The second kappa shape index (κ2) is 6.54. The van der Waals surface area contributed by atoms with Crippen molar-refractivity contribution >= 4 is 5.91 Å². The number of nitrogens with one attached hydrogen (secondary N) is 2. The highest BCUT2D eigenvalue weighted by Crippen LogP contribution is 2.16. The molecule has 0 aliphatic carbocycles. The number of H-pyrrole nitrogens is 1. The first-order chi connectivity index (χ1) is 8.79. The normalized spacial score (nSPS) is 17.8. The largest absolute Gasteiger partial charge is 0.355 e. The Labute approximate surface area is 108 Å². The molecule has 2 N–H and O–H groups in total. The zero-order valence-corrected chi connectivity index (χ0v) is 11.0. The summed E-state index contributed by atoms with van der Waals surface area (Å²) in [4.78, 5) is 21.4. The average Bonchev–Trinajstić information content (AvgIpc) is 2.92. The van der Waals surface area contributed by atoms with E-state index in [-0.39, 0.29) is 11.8 Å². The number of rotatable bonds is 5. The van der Waals surface area contributed by atoms with Gasteiger partial charge in [0.05, 0.1) is 6.33 Å². The highest BCUT2D eigenvalue weighted by molar-refractivity contribution is 5.78.